The van der Waals surface area contributed by atoms with Gasteiger partial charge < -0.3 is 15.1 Å². The van der Waals surface area contributed by atoms with Crippen LogP contribution in [0.5, 0.6) is 0 Å². The lowest BCUT2D eigenvalue weighted by atomic mass is 10.2. The van der Waals surface area contributed by atoms with Crippen LogP contribution in [0.3, 0.4) is 0 Å². The molecule has 2 aliphatic rings. The Morgan fingerprint density at radius 1 is 1.36 bits per heavy atom. The number of nitrogens with one attached hydrogen (secondary N) is 1. The van der Waals surface area contributed by atoms with Crippen molar-refractivity contribution in [2.75, 3.05) is 31.1 Å². The van der Waals surface area contributed by atoms with Gasteiger partial charge in [-0.3, -0.25) is 0 Å². The molecule has 1 aromatic rings. The maximum Gasteiger partial charge on any atom is 0.317 e. The lowest BCUT2D eigenvalue weighted by Crippen LogP contribution is -2.46. The van der Waals surface area contributed by atoms with Crippen LogP contribution in [-0.2, 0) is 6.42 Å². The summed E-state index contributed by atoms with van der Waals surface area (Å²) in [5.41, 5.74) is 0. The Hall–Kier alpha value is -1.37. The van der Waals surface area contributed by atoms with Gasteiger partial charge in [-0.05, 0) is 32.1 Å². The highest BCUT2D eigenvalue weighted by atomic mass is 32.1. The van der Waals surface area contributed by atoms with Crippen molar-refractivity contribution in [3.05, 3.63) is 5.82 Å². The van der Waals surface area contributed by atoms with Gasteiger partial charge in [0.15, 0.2) is 0 Å². The highest BCUT2D eigenvalue weighted by molar-refractivity contribution is 7.09. The van der Waals surface area contributed by atoms with Crippen LogP contribution in [-0.4, -0.2) is 52.5 Å². The third kappa shape index (κ3) is 3.69. The summed E-state index contributed by atoms with van der Waals surface area (Å²) in [5.74, 6) is 1.61. The number of hydrogen-bond donors (Lipinski definition) is 1. The molecule has 2 heterocycles. The zero-order valence-electron chi connectivity index (χ0n) is 13.4. The van der Waals surface area contributed by atoms with Gasteiger partial charge in [0.2, 0.25) is 5.13 Å². The van der Waals surface area contributed by atoms with E-state index in [1.807, 2.05) is 4.90 Å². The van der Waals surface area contributed by atoms with Gasteiger partial charge >= 0.3 is 6.03 Å². The Balaban J connectivity index is 1.53. The zero-order valence-corrected chi connectivity index (χ0v) is 14.2. The summed E-state index contributed by atoms with van der Waals surface area (Å²) in [4.78, 5) is 21.1. The molecule has 7 heteroatoms. The number of carbonyl (C=O) groups excluding carboxylic acids is 1. The molecule has 1 saturated carbocycles. The first-order chi connectivity index (χ1) is 10.7. The van der Waals surface area contributed by atoms with Gasteiger partial charge in [0.05, 0.1) is 0 Å². The quantitative estimate of drug-likeness (QED) is 0.922. The van der Waals surface area contributed by atoms with Crippen molar-refractivity contribution in [3.63, 3.8) is 0 Å². The van der Waals surface area contributed by atoms with Gasteiger partial charge in [-0.25, -0.2) is 9.78 Å². The summed E-state index contributed by atoms with van der Waals surface area (Å²) in [6.07, 6.45) is 4.36. The van der Waals surface area contributed by atoms with Crippen LogP contribution in [0, 0.1) is 5.92 Å². The number of anilines is 1. The minimum absolute atomic E-state index is 0.0905. The highest BCUT2D eigenvalue weighted by Crippen LogP contribution is 2.32. The third-order valence-corrected chi connectivity index (χ3v) is 5.32. The standard InChI is InChI=1S/C15H25N5OS/c1-3-13-17-15(22-18-13)20-8-4-7-19(9-10-20)14(21)16-11(2)12-5-6-12/h11-12H,3-10H2,1-2H3,(H,16,21)/t11-/m0/s1. The Kier molecular flexibility index (Phi) is 4.81. The second kappa shape index (κ2) is 6.81. The molecule has 0 aromatic carbocycles. The van der Waals surface area contributed by atoms with E-state index in [1.54, 1.807) is 0 Å². The van der Waals surface area contributed by atoms with E-state index in [2.05, 4.69) is 33.4 Å². The fraction of sp³-hybridized carbons (Fsp3) is 0.800. The van der Waals surface area contributed by atoms with Crippen molar-refractivity contribution in [2.45, 2.75) is 45.6 Å². The molecule has 122 valence electrons. The van der Waals surface area contributed by atoms with Crippen molar-refractivity contribution < 1.29 is 4.79 Å². The molecule has 1 aliphatic carbocycles. The van der Waals surface area contributed by atoms with Crippen LogP contribution in [0.1, 0.15) is 38.9 Å². The fourth-order valence-corrected chi connectivity index (χ4v) is 3.63. The molecule has 1 aliphatic heterocycles. The molecule has 0 bridgehead atoms. The van der Waals surface area contributed by atoms with Gasteiger partial charge in [0.25, 0.3) is 0 Å². The first kappa shape index (κ1) is 15.5. The highest BCUT2D eigenvalue weighted by Gasteiger charge is 2.30. The monoisotopic (exact) mass is 323 g/mol. The van der Waals surface area contributed by atoms with Crippen molar-refractivity contribution in [1.82, 2.24) is 19.6 Å². The van der Waals surface area contributed by atoms with Crippen LogP contribution in [0.2, 0.25) is 0 Å². The molecule has 1 aromatic heterocycles. The summed E-state index contributed by atoms with van der Waals surface area (Å²) in [5, 5.41) is 4.14. The number of aromatic nitrogens is 2. The summed E-state index contributed by atoms with van der Waals surface area (Å²) < 4.78 is 4.36. The van der Waals surface area contributed by atoms with E-state index in [9.17, 15) is 4.79 Å². The lowest BCUT2D eigenvalue weighted by Gasteiger charge is -2.24. The van der Waals surface area contributed by atoms with E-state index in [4.69, 9.17) is 0 Å². The summed E-state index contributed by atoms with van der Waals surface area (Å²) in [7, 11) is 0. The molecule has 2 fully saturated rings. The number of urea groups is 1. The average molecular weight is 323 g/mol. The normalized spacial score (nSPS) is 20.6. The van der Waals surface area contributed by atoms with Crippen LogP contribution >= 0.6 is 11.5 Å². The number of aryl methyl sites for hydroxylation is 1. The molecule has 3 rings (SSSR count). The summed E-state index contributed by atoms with van der Waals surface area (Å²) in [6, 6.07) is 0.398. The second-order valence-corrected chi connectivity index (χ2v) is 6.98. The fourth-order valence-electron chi connectivity index (χ4n) is 2.83. The molecular formula is C15H25N5OS. The minimum atomic E-state index is 0.0905. The SMILES string of the molecule is CCc1nsc(N2CCCN(C(=O)N[C@@H](C)C3CC3)CC2)n1. The molecule has 0 spiro atoms. The summed E-state index contributed by atoms with van der Waals surface area (Å²) >= 11 is 1.47. The number of hydrogen-bond acceptors (Lipinski definition) is 5. The van der Waals surface area contributed by atoms with Crippen molar-refractivity contribution in [3.8, 4) is 0 Å². The molecule has 1 N–H and O–H groups in total. The minimum Gasteiger partial charge on any atom is -0.345 e. The number of carbonyl (C=O) groups is 1. The Bertz CT molecular complexity index is 516. The largest absolute Gasteiger partial charge is 0.345 e. The van der Waals surface area contributed by atoms with Crippen LogP contribution in [0.25, 0.3) is 0 Å². The maximum absolute atomic E-state index is 12.4. The Morgan fingerprint density at radius 2 is 2.18 bits per heavy atom. The topological polar surface area (TPSA) is 61.4 Å². The predicted octanol–water partition coefficient (Wildman–Crippen LogP) is 2.12. The smallest absolute Gasteiger partial charge is 0.317 e. The number of nitrogens with zero attached hydrogens (tertiary/aromatic N) is 4. The molecule has 2 amide bonds. The van der Waals surface area contributed by atoms with Crippen LogP contribution < -0.4 is 10.2 Å². The van der Waals surface area contributed by atoms with Crippen LogP contribution in [0.4, 0.5) is 9.93 Å². The maximum atomic E-state index is 12.4. The van der Waals surface area contributed by atoms with E-state index < -0.39 is 0 Å². The Morgan fingerprint density at radius 3 is 2.86 bits per heavy atom. The van der Waals surface area contributed by atoms with Crippen molar-refractivity contribution in [1.29, 1.82) is 0 Å². The molecule has 0 radical (unpaired) electrons. The molecular weight excluding hydrogens is 298 g/mol. The number of amides is 2. The first-order valence-corrected chi connectivity index (χ1v) is 9.07. The van der Waals surface area contributed by atoms with Crippen molar-refractivity contribution in [2.24, 2.45) is 5.92 Å². The second-order valence-electron chi connectivity index (χ2n) is 6.25. The van der Waals surface area contributed by atoms with Gasteiger partial charge in [0.1, 0.15) is 5.82 Å². The third-order valence-electron chi connectivity index (χ3n) is 4.51. The van der Waals surface area contributed by atoms with Crippen LogP contribution in [0.15, 0.2) is 0 Å². The van der Waals surface area contributed by atoms with Gasteiger partial charge in [-0.2, -0.15) is 4.37 Å². The molecule has 22 heavy (non-hydrogen) atoms. The molecule has 1 atom stereocenters. The first-order valence-electron chi connectivity index (χ1n) is 8.30. The van der Waals surface area contributed by atoms with E-state index in [1.165, 1.54) is 24.4 Å². The van der Waals surface area contributed by atoms with Crippen molar-refractivity contribution >= 4 is 22.7 Å². The summed E-state index contributed by atoms with van der Waals surface area (Å²) in [6.45, 7) is 7.54. The molecule has 6 nitrogen and oxygen atoms in total. The van der Waals surface area contributed by atoms with E-state index in [0.717, 1.165) is 50.0 Å². The molecule has 1 saturated heterocycles. The average Bonchev–Trinajstić information content (AvgIpc) is 3.30. The van der Waals surface area contributed by atoms with Gasteiger partial charge in [-0.1, -0.05) is 6.92 Å². The van der Waals surface area contributed by atoms with E-state index in [-0.39, 0.29) is 6.03 Å². The predicted molar refractivity (Wildman–Crippen MR) is 88.4 cm³/mol. The Labute approximate surface area is 136 Å². The van der Waals surface area contributed by atoms with Gasteiger partial charge in [0, 0.05) is 50.2 Å². The van der Waals surface area contributed by atoms with Gasteiger partial charge in [-0.15, -0.1) is 0 Å². The molecule has 0 unspecified atom stereocenters. The van der Waals surface area contributed by atoms with E-state index >= 15 is 0 Å². The number of rotatable bonds is 4. The lowest BCUT2D eigenvalue weighted by molar-refractivity contribution is 0.196. The van der Waals surface area contributed by atoms with E-state index in [0.29, 0.717) is 12.0 Å². The zero-order chi connectivity index (χ0) is 15.5.